The van der Waals surface area contributed by atoms with E-state index >= 15 is 0 Å². The molecule has 0 amide bonds. The Hall–Kier alpha value is -3.25. The van der Waals surface area contributed by atoms with Crippen LogP contribution in [0.1, 0.15) is 16.7 Å². The summed E-state index contributed by atoms with van der Waals surface area (Å²) in [6, 6.07) is 17.0. The highest BCUT2D eigenvalue weighted by molar-refractivity contribution is 14.1. The highest BCUT2D eigenvalue weighted by atomic mass is 127. The Bertz CT molecular complexity index is 1340. The Morgan fingerprint density at radius 3 is 2.59 bits per heavy atom. The summed E-state index contributed by atoms with van der Waals surface area (Å²) in [7, 11) is 1.54. The number of halogens is 2. The normalized spacial score (nSPS) is 14.0. The molecule has 0 N–H and O–H groups in total. The molecule has 0 unspecified atom stereocenters. The van der Waals surface area contributed by atoms with Gasteiger partial charge in [0, 0.05) is 27.7 Å². The summed E-state index contributed by atoms with van der Waals surface area (Å²) in [5.41, 5.74) is 2.18. The van der Waals surface area contributed by atoms with E-state index in [1.165, 1.54) is 24.3 Å². The largest absolute Gasteiger partial charge is 0.493 e. The van der Waals surface area contributed by atoms with Crippen molar-refractivity contribution in [2.24, 2.45) is 4.99 Å². The molecule has 8 nitrogen and oxygen atoms in total. The van der Waals surface area contributed by atoms with Crippen molar-refractivity contribution in [3.8, 4) is 11.5 Å². The van der Waals surface area contributed by atoms with Gasteiger partial charge in [-0.05, 0) is 64.6 Å². The number of ether oxygens (including phenoxy) is 3. The van der Waals surface area contributed by atoms with Crippen LogP contribution in [0.2, 0.25) is 0 Å². The first kappa shape index (κ1) is 23.9. The number of cyclic esters (lactones) is 1. The van der Waals surface area contributed by atoms with Gasteiger partial charge >= 0.3 is 5.97 Å². The van der Waals surface area contributed by atoms with Gasteiger partial charge in [-0.15, -0.1) is 0 Å². The van der Waals surface area contributed by atoms with Crippen molar-refractivity contribution in [3.05, 3.63) is 101 Å². The van der Waals surface area contributed by atoms with E-state index in [0.717, 1.165) is 13.6 Å². The lowest BCUT2D eigenvalue weighted by Crippen LogP contribution is -2.05. The molecule has 4 rings (SSSR count). The summed E-state index contributed by atoms with van der Waals surface area (Å²) >= 11 is 5.66. The molecule has 1 heterocycles. The van der Waals surface area contributed by atoms with E-state index < -0.39 is 10.9 Å². The number of esters is 1. The number of nitrogens with zero attached hydrogens (tertiary/aromatic N) is 2. The molecular weight excluding hydrogens is 619 g/mol. The number of carbonyl (C=O) groups excluding carboxylic acids is 1. The maximum absolute atomic E-state index is 12.4. The molecule has 1 aliphatic heterocycles. The van der Waals surface area contributed by atoms with E-state index in [4.69, 9.17) is 14.2 Å². The van der Waals surface area contributed by atoms with E-state index in [1.54, 1.807) is 19.3 Å². The minimum absolute atomic E-state index is 0.0620. The predicted octanol–water partition coefficient (Wildman–Crippen LogP) is 5.89. The first-order valence-electron chi connectivity index (χ1n) is 9.87. The van der Waals surface area contributed by atoms with Gasteiger partial charge in [0.25, 0.3) is 5.69 Å². The molecule has 3 aromatic rings. The third-order valence-electron chi connectivity index (χ3n) is 4.83. The second kappa shape index (κ2) is 10.3. The number of hydrogen-bond acceptors (Lipinski definition) is 7. The standard InChI is InChI=1S/C24H16BrIN2O6/c1-32-21-12-14(10-19(26)22(21)33-13-16-4-2-3-5-18(16)25)11-20-24(29)34-23(27-20)15-6-8-17(9-7-15)28(30)31/h2-12H,13H2,1H3/b20-11-. The van der Waals surface area contributed by atoms with E-state index in [9.17, 15) is 14.9 Å². The summed E-state index contributed by atoms with van der Waals surface area (Å²) in [4.78, 5) is 26.9. The third-order valence-corrected chi connectivity index (χ3v) is 6.41. The van der Waals surface area contributed by atoms with Crippen LogP contribution < -0.4 is 9.47 Å². The van der Waals surface area contributed by atoms with Gasteiger partial charge in [-0.2, -0.15) is 0 Å². The zero-order valence-corrected chi connectivity index (χ0v) is 21.4. The van der Waals surface area contributed by atoms with Gasteiger partial charge in [0.15, 0.2) is 17.2 Å². The van der Waals surface area contributed by atoms with Crippen molar-refractivity contribution in [2.75, 3.05) is 7.11 Å². The smallest absolute Gasteiger partial charge is 0.363 e. The topological polar surface area (TPSA) is 100 Å². The number of rotatable bonds is 7. The first-order chi connectivity index (χ1) is 16.4. The summed E-state index contributed by atoms with van der Waals surface area (Å²) in [6.07, 6.45) is 1.59. The number of nitro benzene ring substituents is 1. The highest BCUT2D eigenvalue weighted by Crippen LogP contribution is 2.36. The Morgan fingerprint density at radius 1 is 1.18 bits per heavy atom. The van der Waals surface area contributed by atoms with Gasteiger partial charge in [0.1, 0.15) is 6.61 Å². The van der Waals surface area contributed by atoms with Crippen LogP contribution in [0.5, 0.6) is 11.5 Å². The van der Waals surface area contributed by atoms with Gasteiger partial charge in [-0.3, -0.25) is 10.1 Å². The second-order valence-electron chi connectivity index (χ2n) is 7.05. The zero-order chi connectivity index (χ0) is 24.2. The van der Waals surface area contributed by atoms with Crippen LogP contribution >= 0.6 is 38.5 Å². The van der Waals surface area contributed by atoms with Gasteiger partial charge in [-0.25, -0.2) is 9.79 Å². The summed E-state index contributed by atoms with van der Waals surface area (Å²) in [5, 5.41) is 10.8. The average molecular weight is 635 g/mol. The fourth-order valence-electron chi connectivity index (χ4n) is 3.14. The maximum atomic E-state index is 12.4. The molecule has 0 radical (unpaired) electrons. The van der Waals surface area contributed by atoms with Crippen LogP contribution in [0.25, 0.3) is 6.08 Å². The molecule has 0 fully saturated rings. The number of methoxy groups -OCH3 is 1. The van der Waals surface area contributed by atoms with Gasteiger partial charge in [-0.1, -0.05) is 34.1 Å². The molecule has 0 atom stereocenters. The zero-order valence-electron chi connectivity index (χ0n) is 17.7. The lowest BCUT2D eigenvalue weighted by Gasteiger charge is -2.14. The first-order valence-corrected chi connectivity index (χ1v) is 11.7. The highest BCUT2D eigenvalue weighted by Gasteiger charge is 2.25. The predicted molar refractivity (Wildman–Crippen MR) is 138 cm³/mol. The Labute approximate surface area is 216 Å². The van der Waals surface area contributed by atoms with Crippen molar-refractivity contribution < 1.29 is 23.9 Å². The van der Waals surface area contributed by atoms with Crippen LogP contribution in [0.4, 0.5) is 5.69 Å². The quantitative estimate of drug-likeness (QED) is 0.106. The van der Waals surface area contributed by atoms with Crippen molar-refractivity contribution in [3.63, 3.8) is 0 Å². The minimum atomic E-state index is -0.614. The molecule has 0 aliphatic carbocycles. The van der Waals surface area contributed by atoms with Gasteiger partial charge < -0.3 is 14.2 Å². The van der Waals surface area contributed by atoms with Crippen molar-refractivity contribution in [1.29, 1.82) is 0 Å². The SMILES string of the molecule is COc1cc(/C=C2\N=C(c3ccc([N+](=O)[O-])cc3)OC2=O)cc(I)c1OCc1ccccc1Br. The van der Waals surface area contributed by atoms with Crippen LogP contribution in [0, 0.1) is 13.7 Å². The third kappa shape index (κ3) is 5.28. The van der Waals surface area contributed by atoms with Crippen LogP contribution in [0.3, 0.4) is 0 Å². The number of carbonyl (C=O) groups is 1. The van der Waals surface area contributed by atoms with Crippen molar-refractivity contribution in [2.45, 2.75) is 6.61 Å². The lowest BCUT2D eigenvalue weighted by atomic mass is 10.1. The fourth-order valence-corrected chi connectivity index (χ4v) is 4.33. The monoisotopic (exact) mass is 634 g/mol. The average Bonchev–Trinajstić information content (AvgIpc) is 3.19. The molecule has 0 spiro atoms. The van der Waals surface area contributed by atoms with E-state index in [0.29, 0.717) is 29.2 Å². The van der Waals surface area contributed by atoms with Crippen molar-refractivity contribution in [1.82, 2.24) is 0 Å². The molecule has 172 valence electrons. The Balaban J connectivity index is 1.58. The van der Waals surface area contributed by atoms with E-state index in [1.807, 2.05) is 30.3 Å². The van der Waals surface area contributed by atoms with Gasteiger partial charge in [0.2, 0.25) is 5.90 Å². The van der Waals surface area contributed by atoms with Crippen LogP contribution in [0.15, 0.2) is 75.8 Å². The molecule has 0 bridgehead atoms. The summed E-state index contributed by atoms with van der Waals surface area (Å²) < 4.78 is 18.5. The molecule has 0 saturated carbocycles. The Morgan fingerprint density at radius 2 is 1.91 bits per heavy atom. The van der Waals surface area contributed by atoms with E-state index in [2.05, 4.69) is 43.5 Å². The number of nitro groups is 1. The second-order valence-corrected chi connectivity index (χ2v) is 9.07. The number of non-ortho nitro benzene ring substituents is 1. The van der Waals surface area contributed by atoms with Crippen molar-refractivity contribution >= 4 is 62.2 Å². The number of benzene rings is 3. The molecule has 3 aromatic carbocycles. The Kier molecular flexibility index (Phi) is 7.27. The summed E-state index contributed by atoms with van der Waals surface area (Å²) in [5.74, 6) is 0.569. The van der Waals surface area contributed by atoms with E-state index in [-0.39, 0.29) is 17.3 Å². The number of aliphatic imine (C=N–C) groups is 1. The molecule has 0 aromatic heterocycles. The van der Waals surface area contributed by atoms with Crippen LogP contribution in [-0.4, -0.2) is 23.9 Å². The molecule has 34 heavy (non-hydrogen) atoms. The van der Waals surface area contributed by atoms with Crippen LogP contribution in [-0.2, 0) is 16.1 Å². The minimum Gasteiger partial charge on any atom is -0.493 e. The molecule has 0 saturated heterocycles. The lowest BCUT2D eigenvalue weighted by molar-refractivity contribution is -0.384. The molecule has 10 heteroatoms. The molecular formula is C24H16BrIN2O6. The summed E-state index contributed by atoms with van der Waals surface area (Å²) in [6.45, 7) is 0.351. The van der Waals surface area contributed by atoms with Gasteiger partial charge in [0.05, 0.1) is 15.6 Å². The fraction of sp³-hybridized carbons (Fsp3) is 0.0833. The maximum Gasteiger partial charge on any atom is 0.363 e. The number of hydrogen-bond donors (Lipinski definition) is 0. The molecule has 1 aliphatic rings.